The minimum absolute atomic E-state index is 0.103. The molecule has 2 aromatic rings. The number of rotatable bonds is 7. The van der Waals surface area contributed by atoms with Gasteiger partial charge in [-0.25, -0.2) is 4.72 Å². The summed E-state index contributed by atoms with van der Waals surface area (Å²) < 4.78 is 40.6. The molecule has 164 valence electrons. The van der Waals surface area contributed by atoms with Crippen molar-refractivity contribution in [1.82, 2.24) is 23.8 Å². The van der Waals surface area contributed by atoms with E-state index >= 15 is 0 Å². The van der Waals surface area contributed by atoms with Crippen molar-refractivity contribution >= 4 is 27.8 Å². The standard InChI is InChI=1S/C18H26N6O5S/c1-12(2)24-10-14(16(21-24)13-4-5-13)19-18-20-15(11-29-18)17(25)22-30(26,27)23-6-3-8-28-9-7-23/h10-13H,3-9H2,1-2H3,(H,19,20)(H,22,25). The molecule has 2 fully saturated rings. The van der Waals surface area contributed by atoms with Gasteiger partial charge in [-0.05, 0) is 33.1 Å². The summed E-state index contributed by atoms with van der Waals surface area (Å²) in [4.78, 5) is 16.5. The first-order valence-corrected chi connectivity index (χ1v) is 11.5. The predicted molar refractivity (Wildman–Crippen MR) is 108 cm³/mol. The first-order valence-electron chi connectivity index (χ1n) is 10.0. The summed E-state index contributed by atoms with van der Waals surface area (Å²) in [6, 6.07) is 0.310. The van der Waals surface area contributed by atoms with Gasteiger partial charge in [0.15, 0.2) is 5.69 Å². The van der Waals surface area contributed by atoms with Crippen LogP contribution < -0.4 is 10.0 Å². The van der Waals surface area contributed by atoms with Crippen LogP contribution in [0.25, 0.3) is 0 Å². The number of hydrogen-bond acceptors (Lipinski definition) is 8. The van der Waals surface area contributed by atoms with E-state index in [4.69, 9.17) is 9.15 Å². The molecule has 1 aliphatic carbocycles. The highest BCUT2D eigenvalue weighted by molar-refractivity contribution is 7.87. The molecule has 2 N–H and O–H groups in total. The normalized spacial score (nSPS) is 18.4. The van der Waals surface area contributed by atoms with Crippen molar-refractivity contribution in [3.63, 3.8) is 0 Å². The Kier molecular flexibility index (Phi) is 5.80. The fourth-order valence-corrected chi connectivity index (χ4v) is 4.33. The number of hydrogen-bond donors (Lipinski definition) is 2. The largest absolute Gasteiger partial charge is 0.431 e. The maximum absolute atomic E-state index is 12.5. The van der Waals surface area contributed by atoms with E-state index in [-0.39, 0.29) is 30.8 Å². The van der Waals surface area contributed by atoms with E-state index in [2.05, 4.69) is 15.4 Å². The Morgan fingerprint density at radius 1 is 1.27 bits per heavy atom. The van der Waals surface area contributed by atoms with Crippen molar-refractivity contribution in [2.24, 2.45) is 0 Å². The minimum atomic E-state index is -3.98. The molecular weight excluding hydrogens is 412 g/mol. The quantitative estimate of drug-likeness (QED) is 0.669. The first-order chi connectivity index (χ1) is 14.3. The Labute approximate surface area is 175 Å². The molecule has 12 heteroatoms. The zero-order chi connectivity index (χ0) is 21.3. The van der Waals surface area contributed by atoms with Gasteiger partial charge in [0, 0.05) is 37.9 Å². The van der Waals surface area contributed by atoms with Crippen LogP contribution in [0.4, 0.5) is 11.7 Å². The van der Waals surface area contributed by atoms with E-state index in [0.29, 0.717) is 25.6 Å². The molecule has 0 spiro atoms. The third-order valence-electron chi connectivity index (χ3n) is 4.97. The molecular formula is C18H26N6O5S. The fourth-order valence-electron chi connectivity index (χ4n) is 3.17. The van der Waals surface area contributed by atoms with Crippen LogP contribution in [0, 0.1) is 0 Å². The molecule has 1 amide bonds. The van der Waals surface area contributed by atoms with Crippen LogP contribution >= 0.6 is 0 Å². The van der Waals surface area contributed by atoms with Gasteiger partial charge in [-0.3, -0.25) is 9.48 Å². The molecule has 2 aliphatic rings. The molecule has 0 aromatic carbocycles. The lowest BCUT2D eigenvalue weighted by Gasteiger charge is -2.18. The molecule has 11 nitrogen and oxygen atoms in total. The zero-order valence-corrected chi connectivity index (χ0v) is 17.8. The molecule has 4 rings (SSSR count). The zero-order valence-electron chi connectivity index (χ0n) is 17.0. The molecule has 2 aromatic heterocycles. The Morgan fingerprint density at radius 3 is 2.80 bits per heavy atom. The van der Waals surface area contributed by atoms with Crippen molar-refractivity contribution in [3.8, 4) is 0 Å². The molecule has 1 saturated heterocycles. The van der Waals surface area contributed by atoms with Gasteiger partial charge in [0.25, 0.3) is 11.9 Å². The molecule has 30 heavy (non-hydrogen) atoms. The number of amides is 1. The number of aromatic nitrogens is 3. The van der Waals surface area contributed by atoms with Crippen molar-refractivity contribution in [2.45, 2.75) is 45.1 Å². The Balaban J connectivity index is 1.44. The van der Waals surface area contributed by atoms with Crippen LogP contribution in [0.1, 0.15) is 61.3 Å². The average molecular weight is 439 g/mol. The van der Waals surface area contributed by atoms with Crippen molar-refractivity contribution in [3.05, 3.63) is 23.8 Å². The number of carbonyl (C=O) groups excluding carboxylic acids is 1. The number of anilines is 2. The molecule has 0 atom stereocenters. The summed E-state index contributed by atoms with van der Waals surface area (Å²) in [6.45, 7) is 5.35. The van der Waals surface area contributed by atoms with Crippen LogP contribution in [0.3, 0.4) is 0 Å². The second-order valence-corrected chi connectivity index (χ2v) is 9.41. The Hall–Kier alpha value is -2.44. The van der Waals surface area contributed by atoms with Gasteiger partial charge >= 0.3 is 10.2 Å². The molecule has 1 saturated carbocycles. The lowest BCUT2D eigenvalue weighted by molar-refractivity contribution is 0.0973. The van der Waals surface area contributed by atoms with Crippen molar-refractivity contribution in [1.29, 1.82) is 0 Å². The van der Waals surface area contributed by atoms with E-state index in [1.165, 1.54) is 4.31 Å². The van der Waals surface area contributed by atoms with Crippen LogP contribution in [-0.4, -0.2) is 59.7 Å². The second kappa shape index (κ2) is 8.36. The van der Waals surface area contributed by atoms with E-state index in [0.717, 1.165) is 30.5 Å². The van der Waals surface area contributed by atoms with E-state index in [1.54, 1.807) is 0 Å². The lowest BCUT2D eigenvalue weighted by Crippen LogP contribution is -2.44. The van der Waals surface area contributed by atoms with Gasteiger partial charge in [0.2, 0.25) is 0 Å². The van der Waals surface area contributed by atoms with Gasteiger partial charge in [-0.1, -0.05) is 0 Å². The number of oxazole rings is 1. The summed E-state index contributed by atoms with van der Waals surface area (Å²) in [5.41, 5.74) is 1.59. The van der Waals surface area contributed by atoms with Crippen LogP contribution in [-0.2, 0) is 14.9 Å². The maximum Gasteiger partial charge on any atom is 0.304 e. The highest BCUT2D eigenvalue weighted by atomic mass is 32.2. The van der Waals surface area contributed by atoms with E-state index in [1.807, 2.05) is 29.4 Å². The second-order valence-electron chi connectivity index (χ2n) is 7.74. The van der Waals surface area contributed by atoms with Crippen molar-refractivity contribution < 1.29 is 22.4 Å². The summed E-state index contributed by atoms with van der Waals surface area (Å²) in [7, 11) is -3.98. The number of nitrogens with one attached hydrogen (secondary N) is 2. The average Bonchev–Trinajstić information content (AvgIpc) is 3.37. The van der Waals surface area contributed by atoms with Gasteiger partial charge in [-0.2, -0.15) is 22.8 Å². The van der Waals surface area contributed by atoms with Gasteiger partial charge in [-0.15, -0.1) is 0 Å². The van der Waals surface area contributed by atoms with Crippen LogP contribution in [0.5, 0.6) is 0 Å². The SMILES string of the molecule is CC(C)n1cc(Nc2nc(C(=O)NS(=O)(=O)N3CCCOCC3)co2)c(C2CC2)n1. The summed E-state index contributed by atoms with van der Waals surface area (Å²) >= 11 is 0. The molecule has 0 bridgehead atoms. The van der Waals surface area contributed by atoms with Gasteiger partial charge in [0.1, 0.15) is 6.26 Å². The Bertz CT molecular complexity index is 1000. The smallest absolute Gasteiger partial charge is 0.304 e. The number of ether oxygens (including phenoxy) is 1. The number of nitrogens with zero attached hydrogens (tertiary/aromatic N) is 4. The monoisotopic (exact) mass is 438 g/mol. The third kappa shape index (κ3) is 4.65. The van der Waals surface area contributed by atoms with Crippen LogP contribution in [0.15, 0.2) is 16.9 Å². The molecule has 3 heterocycles. The molecule has 0 radical (unpaired) electrons. The Morgan fingerprint density at radius 2 is 2.07 bits per heavy atom. The minimum Gasteiger partial charge on any atom is -0.431 e. The van der Waals surface area contributed by atoms with E-state index < -0.39 is 16.1 Å². The van der Waals surface area contributed by atoms with E-state index in [9.17, 15) is 13.2 Å². The third-order valence-corrected chi connectivity index (χ3v) is 6.46. The summed E-state index contributed by atoms with van der Waals surface area (Å²) in [6.07, 6.45) is 5.75. The topological polar surface area (TPSA) is 132 Å². The fraction of sp³-hybridized carbons (Fsp3) is 0.611. The predicted octanol–water partition coefficient (Wildman–Crippen LogP) is 1.77. The highest BCUT2D eigenvalue weighted by Gasteiger charge is 2.31. The summed E-state index contributed by atoms with van der Waals surface area (Å²) in [5, 5.41) is 7.69. The highest BCUT2D eigenvalue weighted by Crippen LogP contribution is 2.43. The lowest BCUT2D eigenvalue weighted by atomic mass is 10.2. The first kappa shape index (κ1) is 20.8. The van der Waals surface area contributed by atoms with Gasteiger partial charge in [0.05, 0.1) is 18.0 Å². The number of carbonyl (C=O) groups is 1. The van der Waals surface area contributed by atoms with Crippen molar-refractivity contribution in [2.75, 3.05) is 31.6 Å². The van der Waals surface area contributed by atoms with Gasteiger partial charge < -0.3 is 14.5 Å². The summed E-state index contributed by atoms with van der Waals surface area (Å²) in [5.74, 6) is -0.440. The van der Waals surface area contributed by atoms with Crippen LogP contribution in [0.2, 0.25) is 0 Å². The molecule has 1 aliphatic heterocycles. The maximum atomic E-state index is 12.5. The molecule has 0 unspecified atom stereocenters.